The van der Waals surface area contributed by atoms with Crippen LogP contribution in [0.4, 0.5) is 5.69 Å². The fraction of sp³-hybridized carbons (Fsp3) is 0.227. The van der Waals surface area contributed by atoms with Crippen LogP contribution in [-0.4, -0.2) is 37.4 Å². The summed E-state index contributed by atoms with van der Waals surface area (Å²) in [5.74, 6) is 1.28. The molecule has 1 atom stereocenters. The van der Waals surface area contributed by atoms with Crippen LogP contribution in [-0.2, 0) is 11.3 Å². The number of aliphatic hydroxyl groups excluding tert-OH is 1. The van der Waals surface area contributed by atoms with Crippen LogP contribution in [0.3, 0.4) is 0 Å². The highest BCUT2D eigenvalue weighted by Crippen LogP contribution is 2.17. The fourth-order valence-corrected chi connectivity index (χ4v) is 2.51. The number of nitrogens with one attached hydrogen (secondary N) is 1. The number of hydrogen-bond acceptors (Lipinski definition) is 6. The number of furan rings is 1. The fourth-order valence-electron chi connectivity index (χ4n) is 2.51. The maximum absolute atomic E-state index is 11.9. The van der Waals surface area contributed by atoms with Crippen molar-refractivity contribution in [2.24, 2.45) is 0 Å². The highest BCUT2D eigenvalue weighted by molar-refractivity contribution is 6.02. The molecule has 7 heteroatoms. The number of rotatable bonds is 10. The first-order valence-corrected chi connectivity index (χ1v) is 9.10. The van der Waals surface area contributed by atoms with Crippen molar-refractivity contribution in [1.82, 2.24) is 0 Å². The lowest BCUT2D eigenvalue weighted by atomic mass is 10.2. The first kappa shape index (κ1) is 20.4. The Morgan fingerprint density at radius 2 is 1.76 bits per heavy atom. The average Bonchev–Trinajstić information content (AvgIpc) is 3.29. The molecule has 0 radical (unpaired) electrons. The number of ether oxygens (including phenoxy) is 3. The number of aliphatic hydroxyl groups is 1. The van der Waals surface area contributed by atoms with E-state index in [-0.39, 0.29) is 24.9 Å². The molecule has 0 spiro atoms. The van der Waals surface area contributed by atoms with E-state index in [2.05, 4.69) is 5.32 Å². The molecule has 0 aliphatic heterocycles. The van der Waals surface area contributed by atoms with Crippen LogP contribution in [0, 0.1) is 0 Å². The van der Waals surface area contributed by atoms with Crippen molar-refractivity contribution >= 4 is 11.6 Å². The third kappa shape index (κ3) is 6.38. The first-order chi connectivity index (χ1) is 14.1. The molecule has 29 heavy (non-hydrogen) atoms. The Morgan fingerprint density at radius 3 is 2.41 bits per heavy atom. The molecule has 0 fully saturated rings. The molecule has 1 amide bonds. The van der Waals surface area contributed by atoms with Gasteiger partial charge in [-0.05, 0) is 54.1 Å². The molecule has 0 saturated heterocycles. The molecule has 7 nitrogen and oxygen atoms in total. The Hall–Kier alpha value is -3.29. The van der Waals surface area contributed by atoms with Crippen molar-refractivity contribution in [3.63, 3.8) is 0 Å². The lowest BCUT2D eigenvalue weighted by molar-refractivity contribution is 0.00548. The number of carbonyl (C=O) groups excluding carboxylic acids is 1. The number of anilines is 1. The molecule has 1 unspecified atom stereocenters. The van der Waals surface area contributed by atoms with E-state index >= 15 is 0 Å². The van der Waals surface area contributed by atoms with Gasteiger partial charge < -0.3 is 29.1 Å². The minimum absolute atomic E-state index is 0.0979. The van der Waals surface area contributed by atoms with Gasteiger partial charge in [-0.3, -0.25) is 4.79 Å². The molecule has 0 bridgehead atoms. The van der Waals surface area contributed by atoms with Crippen LogP contribution in [0.1, 0.15) is 16.1 Å². The van der Waals surface area contributed by atoms with Gasteiger partial charge in [0, 0.05) is 5.69 Å². The standard InChI is InChI=1S/C22H23NO6/c1-26-19-8-4-16(5-9-19)13-27-14-18(24)15-29-20-10-6-17(7-11-20)23-22(25)21-3-2-12-28-21/h2-12,18,24H,13-15H2,1H3,(H,23,25). The van der Waals surface area contributed by atoms with Crippen LogP contribution in [0.5, 0.6) is 11.5 Å². The monoisotopic (exact) mass is 397 g/mol. The van der Waals surface area contributed by atoms with E-state index in [0.717, 1.165) is 11.3 Å². The highest BCUT2D eigenvalue weighted by atomic mass is 16.5. The SMILES string of the molecule is COc1ccc(COCC(O)COc2ccc(NC(=O)c3ccco3)cc2)cc1. The first-order valence-electron chi connectivity index (χ1n) is 9.10. The van der Waals surface area contributed by atoms with Gasteiger partial charge in [-0.2, -0.15) is 0 Å². The zero-order valence-corrected chi connectivity index (χ0v) is 16.0. The van der Waals surface area contributed by atoms with Crippen molar-refractivity contribution in [2.45, 2.75) is 12.7 Å². The minimum Gasteiger partial charge on any atom is -0.497 e. The molecule has 0 saturated carbocycles. The molecule has 3 rings (SSSR count). The van der Waals surface area contributed by atoms with Crippen molar-refractivity contribution in [3.05, 3.63) is 78.3 Å². The summed E-state index contributed by atoms with van der Waals surface area (Å²) in [6.07, 6.45) is 0.685. The van der Waals surface area contributed by atoms with E-state index in [9.17, 15) is 9.90 Å². The van der Waals surface area contributed by atoms with E-state index in [1.54, 1.807) is 43.5 Å². The molecule has 1 aromatic heterocycles. The summed E-state index contributed by atoms with van der Waals surface area (Å²) in [7, 11) is 1.62. The van der Waals surface area contributed by atoms with Gasteiger partial charge in [-0.25, -0.2) is 0 Å². The van der Waals surface area contributed by atoms with Gasteiger partial charge in [0.2, 0.25) is 0 Å². The van der Waals surface area contributed by atoms with Crippen molar-refractivity contribution in [2.75, 3.05) is 25.6 Å². The summed E-state index contributed by atoms with van der Waals surface area (Å²) in [5, 5.41) is 12.7. The molecular formula is C22H23NO6. The Balaban J connectivity index is 1.37. The minimum atomic E-state index is -0.758. The highest BCUT2D eigenvalue weighted by Gasteiger charge is 2.09. The Kier molecular flexibility index (Phi) is 7.27. The maximum Gasteiger partial charge on any atom is 0.291 e. The number of carbonyl (C=O) groups is 1. The number of hydrogen-bond donors (Lipinski definition) is 2. The molecule has 0 aliphatic rings. The predicted molar refractivity (Wildman–Crippen MR) is 107 cm³/mol. The summed E-state index contributed by atoms with van der Waals surface area (Å²) in [4.78, 5) is 11.9. The Bertz CT molecular complexity index is 875. The zero-order chi connectivity index (χ0) is 20.5. The van der Waals surface area contributed by atoms with Gasteiger partial charge in [0.15, 0.2) is 5.76 Å². The van der Waals surface area contributed by atoms with Crippen molar-refractivity contribution in [1.29, 1.82) is 0 Å². The van der Waals surface area contributed by atoms with E-state index in [4.69, 9.17) is 18.6 Å². The Labute approximate surface area is 168 Å². The summed E-state index contributed by atoms with van der Waals surface area (Å²) < 4.78 is 21.2. The molecule has 0 aliphatic carbocycles. The van der Waals surface area contributed by atoms with Gasteiger partial charge >= 0.3 is 0 Å². The van der Waals surface area contributed by atoms with E-state index in [0.29, 0.717) is 18.0 Å². The summed E-state index contributed by atoms with van der Waals surface area (Å²) in [6, 6.07) is 17.6. The predicted octanol–water partition coefficient (Wildman–Crippen LogP) is 3.50. The van der Waals surface area contributed by atoms with Crippen molar-refractivity contribution < 1.29 is 28.5 Å². The van der Waals surface area contributed by atoms with Gasteiger partial charge in [0.25, 0.3) is 5.91 Å². The second-order valence-electron chi connectivity index (χ2n) is 6.28. The number of amides is 1. The van der Waals surface area contributed by atoms with Gasteiger partial charge in [0.1, 0.15) is 24.2 Å². The summed E-state index contributed by atoms with van der Waals surface area (Å²) in [6.45, 7) is 0.648. The summed E-state index contributed by atoms with van der Waals surface area (Å²) >= 11 is 0. The largest absolute Gasteiger partial charge is 0.497 e. The van der Waals surface area contributed by atoms with Gasteiger partial charge in [-0.15, -0.1) is 0 Å². The third-order valence-electron chi connectivity index (χ3n) is 4.04. The zero-order valence-electron chi connectivity index (χ0n) is 16.0. The van der Waals surface area contributed by atoms with E-state index < -0.39 is 6.10 Å². The van der Waals surface area contributed by atoms with E-state index in [1.165, 1.54) is 6.26 Å². The van der Waals surface area contributed by atoms with E-state index in [1.807, 2.05) is 24.3 Å². The van der Waals surface area contributed by atoms with Crippen molar-refractivity contribution in [3.8, 4) is 11.5 Å². The second kappa shape index (κ2) is 10.3. The van der Waals surface area contributed by atoms with Crippen LogP contribution in [0.15, 0.2) is 71.3 Å². The number of benzene rings is 2. The quantitative estimate of drug-likeness (QED) is 0.544. The maximum atomic E-state index is 11.9. The topological polar surface area (TPSA) is 90.2 Å². The molecule has 2 N–H and O–H groups in total. The van der Waals surface area contributed by atoms with Gasteiger partial charge in [-0.1, -0.05) is 12.1 Å². The van der Waals surface area contributed by atoms with Crippen LogP contribution >= 0.6 is 0 Å². The molecule has 152 valence electrons. The Morgan fingerprint density at radius 1 is 1.03 bits per heavy atom. The van der Waals surface area contributed by atoms with Gasteiger partial charge in [0.05, 0.1) is 26.6 Å². The summed E-state index contributed by atoms with van der Waals surface area (Å²) in [5.41, 5.74) is 1.60. The third-order valence-corrected chi connectivity index (χ3v) is 4.04. The second-order valence-corrected chi connectivity index (χ2v) is 6.28. The molecular weight excluding hydrogens is 374 g/mol. The number of methoxy groups -OCH3 is 1. The molecule has 1 heterocycles. The lowest BCUT2D eigenvalue weighted by Gasteiger charge is -2.13. The lowest BCUT2D eigenvalue weighted by Crippen LogP contribution is -2.23. The van der Waals surface area contributed by atoms with Crippen LogP contribution in [0.25, 0.3) is 0 Å². The molecule has 2 aromatic carbocycles. The molecule has 3 aromatic rings. The normalized spacial score (nSPS) is 11.7. The average molecular weight is 397 g/mol. The van der Waals surface area contributed by atoms with Crippen LogP contribution < -0.4 is 14.8 Å². The van der Waals surface area contributed by atoms with Crippen LogP contribution in [0.2, 0.25) is 0 Å². The smallest absolute Gasteiger partial charge is 0.291 e.